The summed E-state index contributed by atoms with van der Waals surface area (Å²) in [6.07, 6.45) is 1.18. The molecule has 0 bridgehead atoms. The van der Waals surface area contributed by atoms with E-state index in [0.717, 1.165) is 0 Å². The van der Waals surface area contributed by atoms with Crippen LogP contribution >= 0.6 is 0 Å². The Balaban J connectivity index is 2.13. The van der Waals surface area contributed by atoms with Crippen LogP contribution in [0.5, 0.6) is 5.75 Å². The van der Waals surface area contributed by atoms with Crippen molar-refractivity contribution in [1.29, 1.82) is 0 Å². The van der Waals surface area contributed by atoms with Crippen molar-refractivity contribution in [3.05, 3.63) is 59.7 Å². The zero-order chi connectivity index (χ0) is 16.2. The number of methoxy groups -OCH3 is 1. The maximum atomic E-state index is 12.2. The lowest BCUT2D eigenvalue weighted by Crippen LogP contribution is -2.12. The lowest BCUT2D eigenvalue weighted by molar-refractivity contribution is 0.102. The molecule has 0 unspecified atom stereocenters. The molecule has 2 aromatic carbocycles. The van der Waals surface area contributed by atoms with Gasteiger partial charge in [0.1, 0.15) is 5.75 Å². The Morgan fingerprint density at radius 1 is 1.09 bits per heavy atom. The number of benzene rings is 2. The molecule has 1 N–H and O–H groups in total. The summed E-state index contributed by atoms with van der Waals surface area (Å²) in [7, 11) is -1.55. The van der Waals surface area contributed by atoms with Gasteiger partial charge in [-0.1, -0.05) is 24.3 Å². The van der Waals surface area contributed by atoms with E-state index in [0.29, 0.717) is 22.6 Å². The highest BCUT2D eigenvalue weighted by Crippen LogP contribution is 2.23. The molecule has 0 atom stereocenters. The van der Waals surface area contributed by atoms with E-state index < -0.39 is 9.84 Å². The van der Waals surface area contributed by atoms with Gasteiger partial charge in [-0.25, -0.2) is 8.42 Å². The average Bonchev–Trinajstić information content (AvgIpc) is 2.47. The van der Waals surface area contributed by atoms with Crippen molar-refractivity contribution >= 4 is 21.4 Å². The van der Waals surface area contributed by atoms with E-state index in [1.165, 1.54) is 13.4 Å². The van der Waals surface area contributed by atoms with Crippen molar-refractivity contribution in [3.63, 3.8) is 0 Å². The Morgan fingerprint density at radius 3 is 2.32 bits per heavy atom. The minimum Gasteiger partial charge on any atom is -0.495 e. The molecule has 0 radical (unpaired) electrons. The maximum absolute atomic E-state index is 12.2. The molecule has 0 aromatic heterocycles. The predicted octanol–water partition coefficient (Wildman–Crippen LogP) is 2.49. The highest BCUT2D eigenvalue weighted by atomic mass is 32.2. The molecule has 6 heteroatoms. The average molecular weight is 319 g/mol. The summed E-state index contributed by atoms with van der Waals surface area (Å²) < 4.78 is 27.7. The number of carbonyl (C=O) groups excluding carboxylic acids is 1. The molecule has 0 saturated heterocycles. The molecule has 1 amide bonds. The lowest BCUT2D eigenvalue weighted by atomic mass is 10.1. The van der Waals surface area contributed by atoms with Crippen LogP contribution in [-0.2, 0) is 15.6 Å². The molecular weight excluding hydrogens is 302 g/mol. The Hall–Kier alpha value is -2.34. The zero-order valence-electron chi connectivity index (χ0n) is 12.4. The van der Waals surface area contributed by atoms with E-state index >= 15 is 0 Å². The number of rotatable bonds is 5. The second kappa shape index (κ2) is 6.62. The van der Waals surface area contributed by atoms with Crippen LogP contribution in [0.25, 0.3) is 0 Å². The van der Waals surface area contributed by atoms with Gasteiger partial charge in [0, 0.05) is 11.8 Å². The second-order valence-electron chi connectivity index (χ2n) is 4.92. The number of amides is 1. The number of ether oxygens (including phenoxy) is 1. The topological polar surface area (TPSA) is 72.5 Å². The summed E-state index contributed by atoms with van der Waals surface area (Å²) in [5.41, 5.74) is 1.68. The Kier molecular flexibility index (Phi) is 4.82. The third-order valence-electron chi connectivity index (χ3n) is 3.00. The molecule has 0 heterocycles. The molecule has 0 aliphatic heterocycles. The molecule has 0 aliphatic carbocycles. The van der Waals surface area contributed by atoms with Crippen LogP contribution in [0.1, 0.15) is 15.9 Å². The standard InChI is InChI=1S/C16H17NO4S/c1-21-15-6-4-3-5-14(15)17-16(18)13-9-7-12(8-10-13)11-22(2,19)20/h3-10H,11H2,1-2H3,(H,17,18). The van der Waals surface area contributed by atoms with Crippen LogP contribution in [0.4, 0.5) is 5.69 Å². The highest BCUT2D eigenvalue weighted by Gasteiger charge is 2.10. The van der Waals surface area contributed by atoms with Gasteiger partial charge >= 0.3 is 0 Å². The summed E-state index contributed by atoms with van der Waals surface area (Å²) >= 11 is 0. The Labute approximate surface area is 129 Å². The molecule has 0 spiro atoms. The smallest absolute Gasteiger partial charge is 0.255 e. The van der Waals surface area contributed by atoms with Gasteiger partial charge in [0.15, 0.2) is 9.84 Å². The first-order valence-corrected chi connectivity index (χ1v) is 8.66. The fourth-order valence-electron chi connectivity index (χ4n) is 2.00. The van der Waals surface area contributed by atoms with Gasteiger partial charge < -0.3 is 10.1 Å². The number of hydrogen-bond donors (Lipinski definition) is 1. The van der Waals surface area contributed by atoms with Crippen molar-refractivity contribution < 1.29 is 17.9 Å². The summed E-state index contributed by atoms with van der Waals surface area (Å²) in [6, 6.07) is 13.6. The molecule has 0 aliphatic rings. The number of sulfone groups is 1. The van der Waals surface area contributed by atoms with Gasteiger partial charge in [-0.2, -0.15) is 0 Å². The fraction of sp³-hybridized carbons (Fsp3) is 0.188. The van der Waals surface area contributed by atoms with Crippen LogP contribution in [0.2, 0.25) is 0 Å². The van der Waals surface area contributed by atoms with E-state index in [1.807, 2.05) is 6.07 Å². The number of para-hydroxylation sites is 2. The summed E-state index contributed by atoms with van der Waals surface area (Å²) in [4.78, 5) is 12.2. The number of hydrogen-bond acceptors (Lipinski definition) is 4. The maximum Gasteiger partial charge on any atom is 0.255 e. The predicted molar refractivity (Wildman–Crippen MR) is 85.9 cm³/mol. The van der Waals surface area contributed by atoms with Gasteiger partial charge in [0.05, 0.1) is 18.6 Å². The van der Waals surface area contributed by atoms with Crippen LogP contribution in [0.3, 0.4) is 0 Å². The summed E-state index contributed by atoms with van der Waals surface area (Å²) in [5, 5.41) is 2.76. The highest BCUT2D eigenvalue weighted by molar-refractivity contribution is 7.89. The quantitative estimate of drug-likeness (QED) is 0.919. The molecular formula is C16H17NO4S. The van der Waals surface area contributed by atoms with Gasteiger partial charge in [-0.05, 0) is 29.8 Å². The number of carbonyl (C=O) groups is 1. The second-order valence-corrected chi connectivity index (χ2v) is 7.06. The van der Waals surface area contributed by atoms with Crippen LogP contribution in [0, 0.1) is 0 Å². The Bertz CT molecular complexity index is 767. The van der Waals surface area contributed by atoms with E-state index in [1.54, 1.807) is 42.5 Å². The fourth-order valence-corrected chi connectivity index (χ4v) is 2.80. The van der Waals surface area contributed by atoms with E-state index in [4.69, 9.17) is 4.74 Å². The number of anilines is 1. The SMILES string of the molecule is COc1ccccc1NC(=O)c1ccc(CS(C)(=O)=O)cc1. The van der Waals surface area contributed by atoms with Gasteiger partial charge in [0.2, 0.25) is 0 Å². The van der Waals surface area contributed by atoms with Crippen molar-refractivity contribution in [2.24, 2.45) is 0 Å². The first-order valence-electron chi connectivity index (χ1n) is 6.60. The van der Waals surface area contributed by atoms with Crippen LogP contribution < -0.4 is 10.1 Å². The minimum atomic E-state index is -3.08. The molecule has 22 heavy (non-hydrogen) atoms. The van der Waals surface area contributed by atoms with Crippen molar-refractivity contribution in [1.82, 2.24) is 0 Å². The molecule has 5 nitrogen and oxygen atoms in total. The monoisotopic (exact) mass is 319 g/mol. The normalized spacial score (nSPS) is 11.0. The molecule has 116 valence electrons. The lowest BCUT2D eigenvalue weighted by Gasteiger charge is -2.10. The molecule has 0 fully saturated rings. The first kappa shape index (κ1) is 16.0. The molecule has 0 saturated carbocycles. The largest absolute Gasteiger partial charge is 0.495 e. The zero-order valence-corrected chi connectivity index (χ0v) is 13.2. The first-order chi connectivity index (χ1) is 10.4. The van der Waals surface area contributed by atoms with Crippen molar-refractivity contribution in [2.45, 2.75) is 5.75 Å². The minimum absolute atomic E-state index is 0.0403. The van der Waals surface area contributed by atoms with Gasteiger partial charge in [0.25, 0.3) is 5.91 Å². The van der Waals surface area contributed by atoms with Crippen LogP contribution in [-0.4, -0.2) is 27.7 Å². The number of nitrogens with one attached hydrogen (secondary N) is 1. The summed E-state index contributed by atoms with van der Waals surface area (Å²) in [5.74, 6) is 0.251. The van der Waals surface area contributed by atoms with Crippen molar-refractivity contribution in [3.8, 4) is 5.75 Å². The molecule has 2 rings (SSSR count). The third kappa shape index (κ3) is 4.33. The van der Waals surface area contributed by atoms with E-state index in [9.17, 15) is 13.2 Å². The van der Waals surface area contributed by atoms with Crippen LogP contribution in [0.15, 0.2) is 48.5 Å². The van der Waals surface area contributed by atoms with Gasteiger partial charge in [-0.3, -0.25) is 4.79 Å². The Morgan fingerprint density at radius 2 is 1.73 bits per heavy atom. The molecule has 2 aromatic rings. The summed E-state index contributed by atoms with van der Waals surface area (Å²) in [6.45, 7) is 0. The van der Waals surface area contributed by atoms with Crippen molar-refractivity contribution in [2.75, 3.05) is 18.7 Å². The van der Waals surface area contributed by atoms with E-state index in [-0.39, 0.29) is 11.7 Å². The van der Waals surface area contributed by atoms with Gasteiger partial charge in [-0.15, -0.1) is 0 Å². The van der Waals surface area contributed by atoms with E-state index in [2.05, 4.69) is 5.32 Å². The third-order valence-corrected chi connectivity index (χ3v) is 3.86.